The van der Waals surface area contributed by atoms with Crippen LogP contribution in [0.2, 0.25) is 0 Å². The molecule has 0 saturated carbocycles. The highest BCUT2D eigenvalue weighted by atomic mass is 16.5. The Hall–Kier alpha value is -4.58. The van der Waals surface area contributed by atoms with Crippen molar-refractivity contribution in [2.45, 2.75) is 58.5 Å². The van der Waals surface area contributed by atoms with Crippen molar-refractivity contribution in [2.24, 2.45) is 0 Å². The summed E-state index contributed by atoms with van der Waals surface area (Å²) < 4.78 is 12.3. The van der Waals surface area contributed by atoms with Crippen molar-refractivity contribution >= 4 is 17.6 Å². The predicted octanol–water partition coefficient (Wildman–Crippen LogP) is 8.26. The monoisotopic (exact) mass is 565 g/mol. The number of amides is 1. The first-order valence-electron chi connectivity index (χ1n) is 14.7. The van der Waals surface area contributed by atoms with Crippen molar-refractivity contribution in [1.82, 2.24) is 0 Å². The third-order valence-electron chi connectivity index (χ3n) is 6.94. The number of hydrogen-bond acceptors (Lipinski definition) is 4. The fourth-order valence-corrected chi connectivity index (χ4v) is 4.74. The summed E-state index contributed by atoms with van der Waals surface area (Å²) in [7, 11) is 0. The number of para-hydroxylation sites is 2. The molecule has 218 valence electrons. The third-order valence-corrected chi connectivity index (χ3v) is 6.94. The van der Waals surface area contributed by atoms with Crippen LogP contribution in [0.4, 0.5) is 5.69 Å². The van der Waals surface area contributed by atoms with E-state index in [-0.39, 0.29) is 25.0 Å². The second kappa shape index (κ2) is 15.4. The van der Waals surface area contributed by atoms with Crippen LogP contribution in [-0.4, -0.2) is 23.6 Å². The van der Waals surface area contributed by atoms with E-state index in [0.29, 0.717) is 29.2 Å². The normalized spacial score (nSPS) is 10.8. The number of carbonyl (C=O) groups is 2. The number of nitrogens with one attached hydrogen (secondary N) is 1. The van der Waals surface area contributed by atoms with E-state index in [1.807, 2.05) is 12.1 Å². The van der Waals surface area contributed by atoms with Gasteiger partial charge in [-0.1, -0.05) is 87.4 Å². The van der Waals surface area contributed by atoms with E-state index in [4.69, 9.17) is 14.6 Å². The van der Waals surface area contributed by atoms with Gasteiger partial charge in [-0.2, -0.15) is 0 Å². The summed E-state index contributed by atoms with van der Waals surface area (Å²) >= 11 is 0. The van der Waals surface area contributed by atoms with Gasteiger partial charge in [-0.15, -0.1) is 0 Å². The van der Waals surface area contributed by atoms with Crippen LogP contribution in [0.5, 0.6) is 11.5 Å². The van der Waals surface area contributed by atoms with Gasteiger partial charge in [-0.25, -0.2) is 0 Å². The average Bonchev–Trinajstić information content (AvgIpc) is 3.00. The van der Waals surface area contributed by atoms with Crippen LogP contribution in [0, 0.1) is 0 Å². The van der Waals surface area contributed by atoms with Crippen molar-refractivity contribution in [2.75, 3.05) is 11.9 Å². The maximum absolute atomic E-state index is 13.0. The average molecular weight is 566 g/mol. The Kier molecular flexibility index (Phi) is 11.2. The number of benzene rings is 4. The minimum Gasteiger partial charge on any atom is -0.491 e. The molecule has 1 amide bonds. The lowest BCUT2D eigenvalue weighted by atomic mass is 9.97. The largest absolute Gasteiger partial charge is 0.491 e. The van der Waals surface area contributed by atoms with Crippen LogP contribution in [0.3, 0.4) is 0 Å². The smallest absolute Gasteiger partial charge is 0.303 e. The Morgan fingerprint density at radius 3 is 1.88 bits per heavy atom. The van der Waals surface area contributed by atoms with Crippen molar-refractivity contribution in [1.29, 1.82) is 0 Å². The van der Waals surface area contributed by atoms with Gasteiger partial charge in [0.25, 0.3) is 5.91 Å². The zero-order valence-corrected chi connectivity index (χ0v) is 24.3. The summed E-state index contributed by atoms with van der Waals surface area (Å²) in [4.78, 5) is 23.8. The molecule has 0 unspecified atom stereocenters. The molecule has 2 N–H and O–H groups in total. The maximum atomic E-state index is 13.0. The highest BCUT2D eigenvalue weighted by molar-refractivity contribution is 6.05. The summed E-state index contributed by atoms with van der Waals surface area (Å²) in [5.74, 6) is 0.00864. The molecule has 0 aromatic heterocycles. The molecular weight excluding hydrogens is 526 g/mol. The predicted molar refractivity (Wildman–Crippen MR) is 167 cm³/mol. The molecule has 6 heteroatoms. The fourth-order valence-electron chi connectivity index (χ4n) is 4.74. The van der Waals surface area contributed by atoms with E-state index >= 15 is 0 Å². The molecule has 42 heavy (non-hydrogen) atoms. The first kappa shape index (κ1) is 30.4. The van der Waals surface area contributed by atoms with Crippen LogP contribution >= 0.6 is 0 Å². The van der Waals surface area contributed by atoms with Crippen LogP contribution < -0.4 is 14.8 Å². The Balaban J connectivity index is 1.47. The lowest BCUT2D eigenvalue weighted by molar-refractivity contribution is -0.137. The number of rotatable bonds is 15. The fraction of sp³-hybridized carbons (Fsp3) is 0.278. The van der Waals surface area contributed by atoms with Gasteiger partial charge in [0.05, 0.1) is 12.3 Å². The molecule has 6 nitrogen and oxygen atoms in total. The molecule has 0 saturated heterocycles. The summed E-state index contributed by atoms with van der Waals surface area (Å²) in [6.07, 6.45) is 4.41. The Morgan fingerprint density at radius 2 is 1.33 bits per heavy atom. The molecule has 0 fully saturated rings. The molecule has 0 aliphatic heterocycles. The van der Waals surface area contributed by atoms with Crippen molar-refractivity contribution in [3.63, 3.8) is 0 Å². The van der Waals surface area contributed by atoms with E-state index in [1.165, 1.54) is 11.1 Å². The van der Waals surface area contributed by atoms with Gasteiger partial charge in [0.15, 0.2) is 0 Å². The number of aryl methyl sites for hydroxylation is 2. The van der Waals surface area contributed by atoms with E-state index in [0.717, 1.165) is 36.8 Å². The molecule has 0 atom stereocenters. The van der Waals surface area contributed by atoms with Gasteiger partial charge < -0.3 is 19.9 Å². The van der Waals surface area contributed by atoms with E-state index < -0.39 is 5.97 Å². The van der Waals surface area contributed by atoms with Crippen LogP contribution in [0.25, 0.3) is 0 Å². The minimum atomic E-state index is -0.867. The van der Waals surface area contributed by atoms with Crippen molar-refractivity contribution < 1.29 is 24.2 Å². The second-order valence-electron chi connectivity index (χ2n) is 10.3. The number of carboxylic acid groups (broad SMARTS) is 1. The lowest BCUT2D eigenvalue weighted by Crippen LogP contribution is -2.13. The summed E-state index contributed by atoms with van der Waals surface area (Å²) in [6, 6.07) is 31.4. The first-order valence-corrected chi connectivity index (χ1v) is 14.7. The van der Waals surface area contributed by atoms with Crippen molar-refractivity contribution in [3.05, 3.63) is 125 Å². The van der Waals surface area contributed by atoms with E-state index in [9.17, 15) is 9.59 Å². The highest BCUT2D eigenvalue weighted by Crippen LogP contribution is 2.30. The number of carboxylic acids is 1. The lowest BCUT2D eigenvalue weighted by Gasteiger charge is -2.21. The Labute approximate surface area is 248 Å². The maximum Gasteiger partial charge on any atom is 0.303 e. The molecule has 0 aliphatic rings. The summed E-state index contributed by atoms with van der Waals surface area (Å²) in [5.41, 5.74) is 5.75. The quantitative estimate of drug-likeness (QED) is 0.142. The number of carbonyl (C=O) groups excluding carboxylic acids is 1. The number of aliphatic carboxylic acids is 1. The summed E-state index contributed by atoms with van der Waals surface area (Å²) in [5, 5.41) is 11.7. The first-order chi connectivity index (χ1) is 20.5. The van der Waals surface area contributed by atoms with Gasteiger partial charge in [0, 0.05) is 12.0 Å². The van der Waals surface area contributed by atoms with Crippen LogP contribution in [0.15, 0.2) is 97.1 Å². The molecular formula is C36H39NO5. The SMILES string of the molecule is CCCc1ccc(C(Oc2ccc(C(=O)Nc3ccccc3OCCCC(=O)O)cc2)c2ccc(CCC)cc2)cc1. The topological polar surface area (TPSA) is 84.9 Å². The van der Waals surface area contributed by atoms with Gasteiger partial charge >= 0.3 is 5.97 Å². The van der Waals surface area contributed by atoms with Crippen LogP contribution in [0.1, 0.15) is 78.2 Å². The van der Waals surface area contributed by atoms with E-state index in [2.05, 4.69) is 67.7 Å². The standard InChI is InChI=1S/C36H39NO5/c1-3-8-26-13-17-28(18-14-26)35(29-19-15-27(9-4-2)16-20-29)42-31-23-21-30(22-24-31)36(40)37-32-10-5-6-11-33(32)41-25-7-12-34(38)39/h5-6,10-11,13-24,35H,3-4,7-9,12,25H2,1-2H3,(H,37,40)(H,38,39). The third kappa shape index (κ3) is 8.71. The molecule has 0 spiro atoms. The molecule has 0 heterocycles. The zero-order chi connectivity index (χ0) is 29.7. The molecule has 4 aromatic rings. The second-order valence-corrected chi connectivity index (χ2v) is 10.3. The molecule has 4 aromatic carbocycles. The van der Waals surface area contributed by atoms with E-state index in [1.54, 1.807) is 36.4 Å². The zero-order valence-electron chi connectivity index (χ0n) is 24.3. The molecule has 0 aliphatic carbocycles. The van der Waals surface area contributed by atoms with Gasteiger partial charge in [-0.3, -0.25) is 9.59 Å². The van der Waals surface area contributed by atoms with Gasteiger partial charge in [0.2, 0.25) is 0 Å². The number of ether oxygens (including phenoxy) is 2. The Morgan fingerprint density at radius 1 is 0.762 bits per heavy atom. The minimum absolute atomic E-state index is 0.0259. The molecule has 4 rings (SSSR count). The molecule has 0 radical (unpaired) electrons. The number of anilines is 1. The Bertz CT molecular complexity index is 1380. The van der Waals surface area contributed by atoms with Crippen molar-refractivity contribution in [3.8, 4) is 11.5 Å². The van der Waals surface area contributed by atoms with Crippen LogP contribution in [-0.2, 0) is 17.6 Å². The molecule has 0 bridgehead atoms. The van der Waals surface area contributed by atoms with Gasteiger partial charge in [-0.05, 0) is 77.9 Å². The number of hydrogen-bond donors (Lipinski definition) is 2. The summed E-state index contributed by atoms with van der Waals surface area (Å²) in [6.45, 7) is 4.60. The highest BCUT2D eigenvalue weighted by Gasteiger charge is 2.17. The van der Waals surface area contributed by atoms with Gasteiger partial charge in [0.1, 0.15) is 17.6 Å².